The first-order valence-electron chi connectivity index (χ1n) is 9.74. The first kappa shape index (κ1) is 18.5. The molecule has 0 aromatic heterocycles. The largest absolute Gasteiger partial charge is 0.507 e. The number of aromatic hydroxyl groups is 1. The molecule has 0 heterocycles. The van der Waals surface area contributed by atoms with Crippen molar-refractivity contribution >= 4 is 0 Å². The Morgan fingerprint density at radius 3 is 2.19 bits per heavy atom. The van der Waals surface area contributed by atoms with Gasteiger partial charge in [0.1, 0.15) is 5.75 Å². The minimum Gasteiger partial charge on any atom is -0.507 e. The Morgan fingerprint density at radius 2 is 1.58 bits per heavy atom. The number of allylic oxidation sites excluding steroid dienone is 4. The molecule has 1 aliphatic carbocycles. The molecule has 1 N–H and O–H groups in total. The van der Waals surface area contributed by atoms with Crippen LogP contribution < -0.4 is 0 Å². The van der Waals surface area contributed by atoms with Crippen LogP contribution in [0.15, 0.2) is 66.8 Å². The standard InChI is InChI=1S/C25H30O/c1-17(2)22-15-23(18(3)20-11-7-5-8-12-20)25(26)24(16-22)19(4)21-13-9-6-10-14-21/h5-13,15-19,21,26H,14H2,1-4H3. The van der Waals surface area contributed by atoms with Crippen molar-refractivity contribution in [3.63, 3.8) is 0 Å². The minimum absolute atomic E-state index is 0.169. The smallest absolute Gasteiger partial charge is 0.122 e. The molecule has 1 heteroatoms. The third-order valence-electron chi connectivity index (χ3n) is 5.77. The zero-order chi connectivity index (χ0) is 18.7. The SMILES string of the molecule is CC(C)c1cc(C(C)c2ccccc2)c(O)c(C(C)C2C=CC=CC2)c1. The Balaban J connectivity index is 2.06. The van der Waals surface area contributed by atoms with E-state index < -0.39 is 0 Å². The predicted molar refractivity (Wildman–Crippen MR) is 111 cm³/mol. The van der Waals surface area contributed by atoms with Crippen LogP contribution in [0.25, 0.3) is 0 Å². The maximum atomic E-state index is 11.2. The van der Waals surface area contributed by atoms with Crippen LogP contribution in [0.4, 0.5) is 0 Å². The molecule has 26 heavy (non-hydrogen) atoms. The van der Waals surface area contributed by atoms with E-state index in [1.807, 2.05) is 6.07 Å². The molecule has 1 nitrogen and oxygen atoms in total. The van der Waals surface area contributed by atoms with Crippen molar-refractivity contribution in [2.45, 2.75) is 51.9 Å². The fourth-order valence-corrected chi connectivity index (χ4v) is 3.84. The van der Waals surface area contributed by atoms with Gasteiger partial charge in [0.05, 0.1) is 0 Å². The lowest BCUT2D eigenvalue weighted by atomic mass is 9.79. The first-order valence-corrected chi connectivity index (χ1v) is 9.74. The highest BCUT2D eigenvalue weighted by Gasteiger charge is 2.24. The van der Waals surface area contributed by atoms with Crippen molar-refractivity contribution in [1.29, 1.82) is 0 Å². The first-order chi connectivity index (χ1) is 12.5. The zero-order valence-corrected chi connectivity index (χ0v) is 16.3. The molecule has 0 spiro atoms. The number of phenolic OH excluding ortho intramolecular Hbond substituents is 1. The summed E-state index contributed by atoms with van der Waals surface area (Å²) in [5, 5.41) is 11.2. The number of hydrogen-bond acceptors (Lipinski definition) is 1. The molecule has 136 valence electrons. The quantitative estimate of drug-likeness (QED) is 0.624. The van der Waals surface area contributed by atoms with E-state index in [9.17, 15) is 5.11 Å². The highest BCUT2D eigenvalue weighted by molar-refractivity contribution is 5.51. The van der Waals surface area contributed by atoms with E-state index in [1.165, 1.54) is 11.1 Å². The van der Waals surface area contributed by atoms with Crippen molar-refractivity contribution in [2.75, 3.05) is 0 Å². The number of benzene rings is 2. The molecular formula is C25H30O. The monoisotopic (exact) mass is 346 g/mol. The van der Waals surface area contributed by atoms with Crippen LogP contribution in [0.5, 0.6) is 5.75 Å². The molecule has 0 saturated carbocycles. The summed E-state index contributed by atoms with van der Waals surface area (Å²) in [5.41, 5.74) is 4.67. The van der Waals surface area contributed by atoms with Gasteiger partial charge in [0.25, 0.3) is 0 Å². The molecule has 0 bridgehead atoms. The Kier molecular flexibility index (Phi) is 5.66. The van der Waals surface area contributed by atoms with Crippen molar-refractivity contribution < 1.29 is 5.11 Å². The summed E-state index contributed by atoms with van der Waals surface area (Å²) < 4.78 is 0. The van der Waals surface area contributed by atoms with Crippen LogP contribution in [0.2, 0.25) is 0 Å². The summed E-state index contributed by atoms with van der Waals surface area (Å²) in [5.74, 6) is 1.80. The second kappa shape index (κ2) is 7.95. The van der Waals surface area contributed by atoms with E-state index in [1.54, 1.807) is 0 Å². The van der Waals surface area contributed by atoms with Crippen LogP contribution >= 0.6 is 0 Å². The number of phenols is 1. The second-order valence-corrected chi connectivity index (χ2v) is 7.84. The van der Waals surface area contributed by atoms with Crippen LogP contribution in [0.3, 0.4) is 0 Å². The molecule has 2 aromatic carbocycles. The topological polar surface area (TPSA) is 20.2 Å². The third kappa shape index (κ3) is 3.77. The molecule has 0 saturated heterocycles. The van der Waals surface area contributed by atoms with E-state index in [-0.39, 0.29) is 11.8 Å². The molecule has 3 rings (SSSR count). The summed E-state index contributed by atoms with van der Waals surface area (Å²) in [6.45, 7) is 8.87. The molecule has 1 aliphatic rings. The van der Waals surface area contributed by atoms with Crippen molar-refractivity contribution in [2.24, 2.45) is 5.92 Å². The van der Waals surface area contributed by atoms with Gasteiger partial charge in [-0.3, -0.25) is 0 Å². The van der Waals surface area contributed by atoms with Gasteiger partial charge >= 0.3 is 0 Å². The summed E-state index contributed by atoms with van der Waals surface area (Å²) in [7, 11) is 0. The van der Waals surface area contributed by atoms with Gasteiger partial charge in [-0.15, -0.1) is 0 Å². The lowest BCUT2D eigenvalue weighted by Crippen LogP contribution is -2.11. The Labute approximate surface area is 158 Å². The highest BCUT2D eigenvalue weighted by atomic mass is 16.3. The third-order valence-corrected chi connectivity index (χ3v) is 5.77. The van der Waals surface area contributed by atoms with Crippen molar-refractivity contribution in [3.8, 4) is 5.75 Å². The van der Waals surface area contributed by atoms with Gasteiger partial charge in [-0.05, 0) is 40.9 Å². The minimum atomic E-state index is 0.169. The average Bonchev–Trinajstić information content (AvgIpc) is 2.68. The van der Waals surface area contributed by atoms with Gasteiger partial charge in [-0.25, -0.2) is 0 Å². The van der Waals surface area contributed by atoms with E-state index in [0.717, 1.165) is 17.5 Å². The number of rotatable bonds is 5. The van der Waals surface area contributed by atoms with E-state index in [0.29, 0.717) is 17.6 Å². The summed E-state index contributed by atoms with van der Waals surface area (Å²) in [6.07, 6.45) is 9.76. The molecule has 3 unspecified atom stereocenters. The van der Waals surface area contributed by atoms with Gasteiger partial charge in [0.15, 0.2) is 0 Å². The van der Waals surface area contributed by atoms with E-state index >= 15 is 0 Å². The van der Waals surface area contributed by atoms with Crippen molar-refractivity contribution in [1.82, 2.24) is 0 Å². The molecular weight excluding hydrogens is 316 g/mol. The normalized spacial score (nSPS) is 18.9. The number of hydrogen-bond donors (Lipinski definition) is 1. The van der Waals surface area contributed by atoms with Crippen molar-refractivity contribution in [3.05, 3.63) is 89.0 Å². The molecule has 2 aromatic rings. The van der Waals surface area contributed by atoms with Gasteiger partial charge < -0.3 is 5.11 Å². The average molecular weight is 347 g/mol. The molecule has 0 fully saturated rings. The molecule has 0 aliphatic heterocycles. The maximum absolute atomic E-state index is 11.2. The fourth-order valence-electron chi connectivity index (χ4n) is 3.84. The van der Waals surface area contributed by atoms with Crippen LogP contribution in [-0.4, -0.2) is 5.11 Å². The van der Waals surface area contributed by atoms with Crippen LogP contribution in [-0.2, 0) is 0 Å². The fraction of sp³-hybridized carbons (Fsp3) is 0.360. The van der Waals surface area contributed by atoms with E-state index in [2.05, 4.69) is 88.4 Å². The van der Waals surface area contributed by atoms with Crippen LogP contribution in [0, 0.1) is 5.92 Å². The Bertz CT molecular complexity index is 798. The zero-order valence-electron chi connectivity index (χ0n) is 16.3. The summed E-state index contributed by atoms with van der Waals surface area (Å²) in [6, 6.07) is 14.9. The predicted octanol–water partition coefficient (Wildman–Crippen LogP) is 6.90. The van der Waals surface area contributed by atoms with Gasteiger partial charge in [-0.1, -0.05) is 94.5 Å². The van der Waals surface area contributed by atoms with Crippen LogP contribution in [0.1, 0.15) is 74.1 Å². The second-order valence-electron chi connectivity index (χ2n) is 7.84. The lowest BCUT2D eigenvalue weighted by molar-refractivity contribution is 0.439. The summed E-state index contributed by atoms with van der Waals surface area (Å²) in [4.78, 5) is 0. The van der Waals surface area contributed by atoms with Gasteiger partial charge in [0.2, 0.25) is 0 Å². The molecule has 0 radical (unpaired) electrons. The Hall–Kier alpha value is -2.28. The van der Waals surface area contributed by atoms with Gasteiger partial charge in [-0.2, -0.15) is 0 Å². The molecule has 0 amide bonds. The van der Waals surface area contributed by atoms with E-state index in [4.69, 9.17) is 0 Å². The maximum Gasteiger partial charge on any atom is 0.122 e. The van der Waals surface area contributed by atoms with Gasteiger partial charge in [0, 0.05) is 11.5 Å². The Morgan fingerprint density at radius 1 is 0.885 bits per heavy atom. The highest BCUT2D eigenvalue weighted by Crippen LogP contribution is 2.42. The lowest BCUT2D eigenvalue weighted by Gasteiger charge is -2.26. The molecule has 3 atom stereocenters. The summed E-state index contributed by atoms with van der Waals surface area (Å²) >= 11 is 0.